The molecule has 3 rings (SSSR count). The summed E-state index contributed by atoms with van der Waals surface area (Å²) in [6, 6.07) is 7.47. The van der Waals surface area contributed by atoms with Crippen LogP contribution in [0, 0.1) is 13.8 Å². The van der Waals surface area contributed by atoms with Gasteiger partial charge in [0, 0.05) is 16.8 Å². The van der Waals surface area contributed by atoms with Crippen LogP contribution in [0.15, 0.2) is 35.7 Å². The van der Waals surface area contributed by atoms with Crippen molar-refractivity contribution in [2.24, 2.45) is 0 Å². The van der Waals surface area contributed by atoms with E-state index >= 15 is 0 Å². The summed E-state index contributed by atoms with van der Waals surface area (Å²) >= 11 is 1.50. The fourth-order valence-electron chi connectivity index (χ4n) is 2.72. The molecule has 27 heavy (non-hydrogen) atoms. The van der Waals surface area contributed by atoms with Crippen molar-refractivity contribution in [2.75, 3.05) is 7.11 Å². The number of esters is 2. The Bertz CT molecular complexity index is 1040. The quantitative estimate of drug-likeness (QED) is 0.493. The first-order chi connectivity index (χ1) is 13.0. The molecule has 2 heterocycles. The summed E-state index contributed by atoms with van der Waals surface area (Å²) in [5.41, 5.74) is 2.85. The molecule has 1 aromatic carbocycles. The van der Waals surface area contributed by atoms with Gasteiger partial charge in [0.15, 0.2) is 0 Å². The molecule has 0 saturated carbocycles. The molecule has 0 saturated heterocycles. The maximum absolute atomic E-state index is 12.2. The van der Waals surface area contributed by atoms with E-state index in [1.165, 1.54) is 24.5 Å². The lowest BCUT2D eigenvalue weighted by atomic mass is 10.0. The first kappa shape index (κ1) is 18.7. The molecule has 0 spiro atoms. The van der Waals surface area contributed by atoms with Gasteiger partial charge >= 0.3 is 11.9 Å². The highest BCUT2D eigenvalue weighted by Crippen LogP contribution is 2.24. The van der Waals surface area contributed by atoms with Crippen LogP contribution in [0.3, 0.4) is 0 Å². The lowest BCUT2D eigenvalue weighted by Crippen LogP contribution is -2.13. The largest absolute Gasteiger partial charge is 0.465 e. The maximum Gasteiger partial charge on any atom is 0.340 e. The lowest BCUT2D eigenvalue weighted by molar-refractivity contribution is -0.139. The highest BCUT2D eigenvalue weighted by molar-refractivity contribution is 7.09. The van der Waals surface area contributed by atoms with Gasteiger partial charge in [-0.15, -0.1) is 11.3 Å². The molecule has 0 radical (unpaired) electrons. The molecule has 0 aliphatic heterocycles. The SMILES string of the molecule is COC(=O)c1c(COC(=O)/C=C/c2csc(C)n2)nc2ccccc2c1C. The zero-order valence-corrected chi connectivity index (χ0v) is 16.0. The molecule has 0 atom stereocenters. The molecule has 138 valence electrons. The molecular weight excluding hydrogens is 364 g/mol. The van der Waals surface area contributed by atoms with E-state index in [4.69, 9.17) is 9.47 Å². The fraction of sp³-hybridized carbons (Fsp3) is 0.200. The van der Waals surface area contributed by atoms with Gasteiger partial charge in [-0.2, -0.15) is 0 Å². The molecule has 0 bridgehead atoms. The standard InChI is InChI=1S/C20H18N2O4S/c1-12-15-6-4-5-7-16(15)22-17(19(12)20(24)25-3)10-26-18(23)9-8-14-11-27-13(2)21-14/h4-9,11H,10H2,1-3H3/b9-8+. The number of thiazole rings is 1. The summed E-state index contributed by atoms with van der Waals surface area (Å²) in [4.78, 5) is 33.0. The van der Waals surface area contributed by atoms with Crippen LogP contribution < -0.4 is 0 Å². The van der Waals surface area contributed by atoms with E-state index in [0.29, 0.717) is 17.0 Å². The summed E-state index contributed by atoms with van der Waals surface area (Å²) in [5, 5.41) is 3.62. The smallest absolute Gasteiger partial charge is 0.340 e. The predicted octanol–water partition coefficient (Wildman–Crippen LogP) is 3.85. The Morgan fingerprint density at radius 1 is 1.19 bits per heavy atom. The minimum absolute atomic E-state index is 0.130. The normalized spacial score (nSPS) is 11.1. The van der Waals surface area contributed by atoms with Gasteiger partial charge in [-0.25, -0.2) is 19.6 Å². The van der Waals surface area contributed by atoms with Gasteiger partial charge in [0.25, 0.3) is 0 Å². The number of hydrogen-bond donors (Lipinski definition) is 0. The van der Waals surface area contributed by atoms with Crippen molar-refractivity contribution >= 4 is 40.3 Å². The van der Waals surface area contributed by atoms with Gasteiger partial charge in [0.2, 0.25) is 0 Å². The van der Waals surface area contributed by atoms with Crippen LogP contribution in [0.2, 0.25) is 0 Å². The van der Waals surface area contributed by atoms with E-state index in [-0.39, 0.29) is 6.61 Å². The molecule has 7 heteroatoms. The average Bonchev–Trinajstić information content (AvgIpc) is 3.09. The van der Waals surface area contributed by atoms with Crippen molar-refractivity contribution in [3.8, 4) is 0 Å². The van der Waals surface area contributed by atoms with Crippen molar-refractivity contribution in [1.29, 1.82) is 0 Å². The number of hydrogen-bond acceptors (Lipinski definition) is 7. The Morgan fingerprint density at radius 2 is 1.96 bits per heavy atom. The zero-order chi connectivity index (χ0) is 19.4. The second kappa shape index (κ2) is 8.09. The first-order valence-electron chi connectivity index (χ1n) is 8.23. The molecule has 0 amide bonds. The number of rotatable bonds is 5. The van der Waals surface area contributed by atoms with Crippen LogP contribution in [-0.2, 0) is 20.9 Å². The lowest BCUT2D eigenvalue weighted by Gasteiger charge is -2.13. The van der Waals surface area contributed by atoms with E-state index in [2.05, 4.69) is 9.97 Å². The highest BCUT2D eigenvalue weighted by atomic mass is 32.1. The Morgan fingerprint density at radius 3 is 2.67 bits per heavy atom. The summed E-state index contributed by atoms with van der Waals surface area (Å²) < 4.78 is 10.2. The Balaban J connectivity index is 1.84. The zero-order valence-electron chi connectivity index (χ0n) is 15.2. The van der Waals surface area contributed by atoms with Crippen molar-refractivity contribution in [1.82, 2.24) is 9.97 Å². The number of ether oxygens (including phenoxy) is 2. The Labute approximate surface area is 160 Å². The fourth-order valence-corrected chi connectivity index (χ4v) is 3.30. The number of carbonyl (C=O) groups is 2. The second-order valence-corrected chi connectivity index (χ2v) is 6.86. The van der Waals surface area contributed by atoms with Crippen LogP contribution >= 0.6 is 11.3 Å². The molecular formula is C20H18N2O4S. The van der Waals surface area contributed by atoms with Gasteiger partial charge in [-0.1, -0.05) is 18.2 Å². The second-order valence-electron chi connectivity index (χ2n) is 5.80. The molecule has 3 aromatic rings. The number of pyridine rings is 1. The van der Waals surface area contributed by atoms with Gasteiger partial charge in [-0.05, 0) is 31.6 Å². The number of aromatic nitrogens is 2. The average molecular weight is 382 g/mol. The third kappa shape index (κ3) is 4.20. The monoisotopic (exact) mass is 382 g/mol. The maximum atomic E-state index is 12.2. The molecule has 0 aliphatic carbocycles. The van der Waals surface area contributed by atoms with Gasteiger partial charge in [-0.3, -0.25) is 0 Å². The van der Waals surface area contributed by atoms with Gasteiger partial charge < -0.3 is 9.47 Å². The summed E-state index contributed by atoms with van der Waals surface area (Å²) in [7, 11) is 1.31. The van der Waals surface area contributed by atoms with E-state index in [1.54, 1.807) is 6.08 Å². The Kier molecular flexibility index (Phi) is 5.61. The molecule has 6 nitrogen and oxygen atoms in total. The number of nitrogens with zero attached hydrogens (tertiary/aromatic N) is 2. The number of fused-ring (bicyclic) bond motifs is 1. The minimum atomic E-state index is -0.538. The molecule has 0 N–H and O–H groups in total. The first-order valence-corrected chi connectivity index (χ1v) is 9.11. The van der Waals surface area contributed by atoms with E-state index in [1.807, 2.05) is 43.5 Å². The third-order valence-corrected chi connectivity index (χ3v) is 4.79. The number of benzene rings is 1. The van der Waals surface area contributed by atoms with E-state index < -0.39 is 11.9 Å². The Hall–Kier alpha value is -3.06. The van der Waals surface area contributed by atoms with Gasteiger partial charge in [0.05, 0.1) is 34.6 Å². The summed E-state index contributed by atoms with van der Waals surface area (Å²) in [6.07, 6.45) is 2.90. The third-order valence-electron chi connectivity index (χ3n) is 3.99. The number of para-hydroxylation sites is 1. The number of carbonyl (C=O) groups excluding carboxylic acids is 2. The highest BCUT2D eigenvalue weighted by Gasteiger charge is 2.20. The van der Waals surface area contributed by atoms with Crippen LogP contribution in [0.25, 0.3) is 17.0 Å². The molecule has 2 aromatic heterocycles. The summed E-state index contributed by atoms with van der Waals surface area (Å²) in [6.45, 7) is 3.59. The van der Waals surface area contributed by atoms with E-state index in [9.17, 15) is 9.59 Å². The van der Waals surface area contributed by atoms with Crippen LogP contribution in [0.5, 0.6) is 0 Å². The number of aryl methyl sites for hydroxylation is 2. The molecule has 0 unspecified atom stereocenters. The number of methoxy groups -OCH3 is 1. The van der Waals surface area contributed by atoms with Gasteiger partial charge in [0.1, 0.15) is 6.61 Å². The minimum Gasteiger partial charge on any atom is -0.465 e. The van der Waals surface area contributed by atoms with E-state index in [0.717, 1.165) is 21.5 Å². The van der Waals surface area contributed by atoms with Crippen molar-refractivity contribution < 1.29 is 19.1 Å². The van der Waals surface area contributed by atoms with Crippen LogP contribution in [0.1, 0.15) is 32.3 Å². The van der Waals surface area contributed by atoms with Crippen molar-refractivity contribution in [3.63, 3.8) is 0 Å². The molecule has 0 aliphatic rings. The van der Waals surface area contributed by atoms with Crippen molar-refractivity contribution in [2.45, 2.75) is 20.5 Å². The predicted molar refractivity (Wildman–Crippen MR) is 104 cm³/mol. The summed E-state index contributed by atoms with van der Waals surface area (Å²) in [5.74, 6) is -1.05. The van der Waals surface area contributed by atoms with Crippen LogP contribution in [-0.4, -0.2) is 29.0 Å². The van der Waals surface area contributed by atoms with Crippen LogP contribution in [0.4, 0.5) is 0 Å². The van der Waals surface area contributed by atoms with Crippen molar-refractivity contribution in [3.05, 3.63) is 63.2 Å². The molecule has 0 fully saturated rings. The topological polar surface area (TPSA) is 78.4 Å².